The van der Waals surface area contributed by atoms with Crippen molar-refractivity contribution >= 4 is 37.4 Å². The van der Waals surface area contributed by atoms with Crippen LogP contribution in [0.1, 0.15) is 29.7 Å². The molecule has 12 heteroatoms. The fourth-order valence-corrected chi connectivity index (χ4v) is 8.34. The number of aliphatic hydroxyl groups excluding tert-OH is 1. The Labute approximate surface area is 276 Å². The number of likely N-dealkylation sites (tertiary alicyclic amines) is 1. The number of rotatable bonds is 12. The van der Waals surface area contributed by atoms with Crippen molar-refractivity contribution in [1.29, 1.82) is 0 Å². The summed E-state index contributed by atoms with van der Waals surface area (Å²) in [4.78, 5) is 41.1. The van der Waals surface area contributed by atoms with Gasteiger partial charge in [-0.15, -0.1) is 0 Å². The quantitative estimate of drug-likeness (QED) is 0.0678. The van der Waals surface area contributed by atoms with Gasteiger partial charge in [0.05, 0.1) is 4.90 Å². The average Bonchev–Trinajstić information content (AvgIpc) is 3.08. The van der Waals surface area contributed by atoms with E-state index in [1.165, 1.54) is 19.1 Å². The van der Waals surface area contributed by atoms with Crippen LogP contribution in [0.25, 0.3) is 0 Å². The Kier molecular flexibility index (Phi) is 10.3. The number of benzene rings is 4. The molecule has 2 atom stereocenters. The van der Waals surface area contributed by atoms with Gasteiger partial charge in [0, 0.05) is 10.8 Å². The van der Waals surface area contributed by atoms with Crippen LogP contribution < -0.4 is 10.1 Å². The number of hydrogen-bond donors (Lipinski definition) is 2. The van der Waals surface area contributed by atoms with Crippen LogP contribution >= 0.6 is 10.8 Å². The van der Waals surface area contributed by atoms with Crippen LogP contribution in [0.5, 0.6) is 5.75 Å². The molecule has 4 aromatic carbocycles. The smallest absolute Gasteiger partial charge is 0.359 e. The highest BCUT2D eigenvalue weighted by Gasteiger charge is 2.55. The largest absolute Gasteiger partial charge is 0.510 e. The Morgan fingerprint density at radius 2 is 1.40 bits per heavy atom. The third-order valence-corrected chi connectivity index (χ3v) is 10.9. The van der Waals surface area contributed by atoms with E-state index < -0.39 is 62.2 Å². The van der Waals surface area contributed by atoms with Crippen LogP contribution in [0.2, 0.25) is 0 Å². The number of nitrogens with zero attached hydrogens (tertiary/aromatic N) is 1. The molecule has 1 aliphatic rings. The van der Waals surface area contributed by atoms with Crippen molar-refractivity contribution in [3.05, 3.63) is 143 Å². The summed E-state index contributed by atoms with van der Waals surface area (Å²) in [5.41, 5.74) is 1.56. The van der Waals surface area contributed by atoms with Crippen LogP contribution in [0.3, 0.4) is 0 Å². The van der Waals surface area contributed by atoms with Gasteiger partial charge < -0.3 is 19.9 Å². The zero-order valence-electron chi connectivity index (χ0n) is 25.5. The van der Waals surface area contributed by atoms with Gasteiger partial charge in [-0.1, -0.05) is 96.6 Å². The van der Waals surface area contributed by atoms with E-state index in [0.29, 0.717) is 27.7 Å². The van der Waals surface area contributed by atoms with Crippen molar-refractivity contribution in [2.24, 2.45) is 0 Å². The van der Waals surface area contributed by atoms with Crippen LogP contribution in [-0.4, -0.2) is 54.2 Å². The van der Waals surface area contributed by atoms with Crippen molar-refractivity contribution in [3.8, 4) is 5.75 Å². The van der Waals surface area contributed by atoms with Crippen LogP contribution in [0.4, 0.5) is 0 Å². The lowest BCUT2D eigenvalue weighted by Gasteiger charge is -2.46. The fraction of sp³-hybridized carbons (Fsp3) is 0.171. The Morgan fingerprint density at radius 1 is 0.872 bits per heavy atom. The number of hydrogen-bond acceptors (Lipinski definition) is 9. The normalized spacial score (nSPS) is 16.6. The summed E-state index contributed by atoms with van der Waals surface area (Å²) in [5, 5.41) is 11.9. The molecule has 0 aromatic heterocycles. The number of aryl methyl sites for hydroxylation is 1. The van der Waals surface area contributed by atoms with Gasteiger partial charge in [-0.2, -0.15) is 0 Å². The van der Waals surface area contributed by atoms with Crippen molar-refractivity contribution in [1.82, 2.24) is 10.2 Å². The highest BCUT2D eigenvalue weighted by molar-refractivity contribution is 8.72. The highest BCUT2D eigenvalue weighted by Crippen LogP contribution is 2.41. The third kappa shape index (κ3) is 7.84. The fourth-order valence-electron chi connectivity index (χ4n) is 4.87. The number of amides is 2. The molecule has 0 saturated carbocycles. The first kappa shape index (κ1) is 33.3. The van der Waals surface area contributed by atoms with E-state index in [9.17, 15) is 27.9 Å². The molecule has 2 N–H and O–H groups in total. The summed E-state index contributed by atoms with van der Waals surface area (Å²) >= 11 is 0. The minimum absolute atomic E-state index is 0.0352. The standard InChI is InChI=1S/C35H32N2O8S2/c1-23-18-20-28(21-19-23)47(42,43)46-34-30(36-29(39)22-44-27-16-10-5-11-17-27)33(40)37(34)31(24(2)38)35(41)45-32(25-12-6-3-7-13-25)26-14-8-4-9-15-26/h3-21,30,32,34,38H,22H2,1-2H3,(H,36,39)/t30-,34-/m1/s1. The molecule has 0 aliphatic carbocycles. The molecule has 0 spiro atoms. The summed E-state index contributed by atoms with van der Waals surface area (Å²) in [7, 11) is -3.76. The van der Waals surface area contributed by atoms with E-state index in [2.05, 4.69) is 5.32 Å². The SMILES string of the molecule is CC(O)=C(C(=O)OC(c1ccccc1)c1ccccc1)N1C(=O)[C@@H](NC(=O)COc2ccccc2)[C@H]1SS(=O)(=O)c1ccc(C)cc1. The Hall–Kier alpha value is -5.07. The highest BCUT2D eigenvalue weighted by atomic mass is 33.1. The molecule has 1 saturated heterocycles. The molecule has 0 radical (unpaired) electrons. The molecule has 5 rings (SSSR count). The van der Waals surface area contributed by atoms with E-state index in [-0.39, 0.29) is 4.90 Å². The molecule has 0 bridgehead atoms. The molecular weight excluding hydrogens is 641 g/mol. The minimum atomic E-state index is -4.13. The van der Waals surface area contributed by atoms with Crippen molar-refractivity contribution in [2.75, 3.05) is 6.61 Å². The molecule has 1 aliphatic heterocycles. The van der Waals surface area contributed by atoms with Crippen LogP contribution in [0, 0.1) is 6.92 Å². The predicted molar refractivity (Wildman–Crippen MR) is 177 cm³/mol. The van der Waals surface area contributed by atoms with Gasteiger partial charge in [-0.25, -0.2) is 13.2 Å². The predicted octanol–water partition coefficient (Wildman–Crippen LogP) is 5.27. The lowest BCUT2D eigenvalue weighted by atomic mass is 10.0. The maximum atomic E-state index is 13.8. The molecular formula is C35H32N2O8S2. The zero-order valence-corrected chi connectivity index (χ0v) is 27.1. The first-order chi connectivity index (χ1) is 22.5. The Bertz CT molecular complexity index is 1820. The van der Waals surface area contributed by atoms with Crippen molar-refractivity contribution in [3.63, 3.8) is 0 Å². The van der Waals surface area contributed by atoms with E-state index in [1.54, 1.807) is 91.0 Å². The second-order valence-electron chi connectivity index (χ2n) is 10.6. The maximum absolute atomic E-state index is 13.8. The van der Waals surface area contributed by atoms with Crippen molar-refractivity contribution < 1.29 is 37.4 Å². The number of aliphatic hydroxyl groups is 1. The lowest BCUT2D eigenvalue weighted by Crippen LogP contribution is -2.70. The first-order valence-electron chi connectivity index (χ1n) is 14.6. The molecule has 47 heavy (non-hydrogen) atoms. The van der Waals surface area contributed by atoms with Crippen molar-refractivity contribution in [2.45, 2.75) is 36.3 Å². The Morgan fingerprint density at radius 3 is 1.94 bits per heavy atom. The molecule has 10 nitrogen and oxygen atoms in total. The topological polar surface area (TPSA) is 139 Å². The number of carbonyl (C=O) groups excluding carboxylic acids is 3. The van der Waals surface area contributed by atoms with Gasteiger partial charge >= 0.3 is 5.97 Å². The second kappa shape index (κ2) is 14.6. The van der Waals surface area contributed by atoms with Gasteiger partial charge in [0.25, 0.3) is 11.8 Å². The summed E-state index contributed by atoms with van der Waals surface area (Å²) < 4.78 is 38.5. The van der Waals surface area contributed by atoms with Gasteiger partial charge in [0.2, 0.25) is 8.87 Å². The second-order valence-corrected chi connectivity index (χ2v) is 14.6. The van der Waals surface area contributed by atoms with E-state index in [0.717, 1.165) is 10.5 Å². The number of carbonyl (C=O) groups is 3. The molecule has 1 fully saturated rings. The third-order valence-electron chi connectivity index (χ3n) is 7.21. The first-order valence-corrected chi connectivity index (χ1v) is 17.4. The van der Waals surface area contributed by atoms with Crippen LogP contribution in [-0.2, 0) is 28.0 Å². The molecule has 0 unspecified atom stereocenters. The zero-order chi connectivity index (χ0) is 33.6. The monoisotopic (exact) mass is 672 g/mol. The molecule has 242 valence electrons. The lowest BCUT2D eigenvalue weighted by molar-refractivity contribution is -0.155. The Balaban J connectivity index is 1.44. The molecule has 2 amide bonds. The van der Waals surface area contributed by atoms with Gasteiger partial charge in [-0.05, 0) is 49.2 Å². The maximum Gasteiger partial charge on any atom is 0.359 e. The van der Waals surface area contributed by atoms with Gasteiger partial charge in [0.15, 0.2) is 18.4 Å². The summed E-state index contributed by atoms with van der Waals surface area (Å²) in [6, 6.07) is 31.1. The van der Waals surface area contributed by atoms with E-state index in [1.807, 2.05) is 19.1 Å². The number of para-hydroxylation sites is 1. The summed E-state index contributed by atoms with van der Waals surface area (Å²) in [6.07, 6.45) is -0.913. The van der Waals surface area contributed by atoms with Gasteiger partial charge in [0.1, 0.15) is 22.9 Å². The molecule has 4 aromatic rings. The number of allylic oxidation sites excluding steroid dienone is 1. The average molecular weight is 673 g/mol. The number of ether oxygens (including phenoxy) is 2. The number of nitrogens with one attached hydrogen (secondary N) is 1. The summed E-state index contributed by atoms with van der Waals surface area (Å²) in [6.45, 7) is 2.55. The van der Waals surface area contributed by atoms with Gasteiger partial charge in [-0.3, -0.25) is 14.5 Å². The van der Waals surface area contributed by atoms with Crippen LogP contribution in [0.15, 0.2) is 132 Å². The minimum Gasteiger partial charge on any atom is -0.510 e. The van der Waals surface area contributed by atoms with E-state index in [4.69, 9.17) is 9.47 Å². The van der Waals surface area contributed by atoms with E-state index >= 15 is 0 Å². The molecule has 1 heterocycles. The number of β-lactam (4-membered cyclic amide) rings is 1. The number of esters is 1. The summed E-state index contributed by atoms with van der Waals surface area (Å²) in [5.74, 6) is -2.71.